The highest BCUT2D eigenvalue weighted by molar-refractivity contribution is 7.89. The first-order valence-electron chi connectivity index (χ1n) is 11.1. The number of anilines is 1. The third kappa shape index (κ3) is 6.61. The van der Waals surface area contributed by atoms with E-state index >= 15 is 0 Å². The van der Waals surface area contributed by atoms with Crippen molar-refractivity contribution >= 4 is 34.2 Å². The van der Waals surface area contributed by atoms with Gasteiger partial charge in [-0.1, -0.05) is 18.2 Å². The number of allylic oxidation sites excluding steroid dienone is 1. The van der Waals surface area contributed by atoms with Gasteiger partial charge in [0, 0.05) is 30.4 Å². The number of aliphatic hydroxyl groups excluding tert-OH is 1. The first-order valence-corrected chi connectivity index (χ1v) is 12.5. The van der Waals surface area contributed by atoms with Gasteiger partial charge in [0.25, 0.3) is 0 Å². The van der Waals surface area contributed by atoms with Crippen LogP contribution in [0.25, 0.3) is 5.70 Å². The number of aliphatic hydroxyl groups is 1. The Morgan fingerprint density at radius 1 is 1.27 bits per heavy atom. The number of β-amino-alcohol motifs (C(OH)–C–C–N with tert-alkyl or cyclic N) is 1. The van der Waals surface area contributed by atoms with E-state index < -0.39 is 39.8 Å². The Balaban J connectivity index is 1.70. The number of primary amides is 1. The molecule has 1 aliphatic rings. The minimum atomic E-state index is -4.51. The lowest BCUT2D eigenvalue weighted by atomic mass is 10.0. The number of aliphatic imine (C=N–C) groups is 1. The number of piperidine rings is 1. The third-order valence-electron chi connectivity index (χ3n) is 5.81. The molecule has 0 unspecified atom stereocenters. The fraction of sp³-hybridized carbons (Fsp3) is 0.292. The van der Waals surface area contributed by atoms with Crippen LogP contribution in [0.5, 0.6) is 0 Å². The standard InChI is InChI=1S/C24H26F3N5O4S/c1-3-15(23(28)34)12-20(29-2)16-4-7-18(8-5-16)37(35,36)32-11-10-19(21(33)14-32)31-22-9-6-17(13-30-22)24(25,26)27/h3-9,12-13,19,21,33H,2,10-11,14H2,1H3,(H2,28,34)(H,30,31)/b15-3+,20-12-/t19-,21+/m1/s1. The Bertz CT molecular complexity index is 1310. The highest BCUT2D eigenvalue weighted by atomic mass is 32.2. The van der Waals surface area contributed by atoms with Crippen molar-refractivity contribution < 1.29 is 31.5 Å². The number of pyridine rings is 1. The van der Waals surface area contributed by atoms with Gasteiger partial charge in [0.05, 0.1) is 28.3 Å². The fourth-order valence-electron chi connectivity index (χ4n) is 3.74. The van der Waals surface area contributed by atoms with Crippen molar-refractivity contribution in [3.63, 3.8) is 0 Å². The van der Waals surface area contributed by atoms with Crippen molar-refractivity contribution in [1.82, 2.24) is 9.29 Å². The number of sulfonamides is 1. The molecule has 0 radical (unpaired) electrons. The largest absolute Gasteiger partial charge is 0.417 e. The van der Waals surface area contributed by atoms with E-state index in [4.69, 9.17) is 5.73 Å². The van der Waals surface area contributed by atoms with Crippen LogP contribution in [-0.2, 0) is 21.0 Å². The minimum absolute atomic E-state index is 0.0103. The van der Waals surface area contributed by atoms with Gasteiger partial charge >= 0.3 is 6.18 Å². The van der Waals surface area contributed by atoms with E-state index in [0.29, 0.717) is 17.5 Å². The molecule has 37 heavy (non-hydrogen) atoms. The summed E-state index contributed by atoms with van der Waals surface area (Å²) in [5, 5.41) is 13.4. The zero-order valence-corrected chi connectivity index (χ0v) is 20.6. The van der Waals surface area contributed by atoms with E-state index in [0.717, 1.165) is 16.4 Å². The Labute approximate surface area is 212 Å². The van der Waals surface area contributed by atoms with Crippen molar-refractivity contribution in [3.05, 3.63) is 71.4 Å². The summed E-state index contributed by atoms with van der Waals surface area (Å²) in [5.74, 6) is -0.505. The van der Waals surface area contributed by atoms with Gasteiger partial charge in [0.2, 0.25) is 15.9 Å². The van der Waals surface area contributed by atoms with Crippen LogP contribution in [0.2, 0.25) is 0 Å². The molecule has 2 aromatic rings. The lowest BCUT2D eigenvalue weighted by Gasteiger charge is -2.35. The molecule has 1 fully saturated rings. The highest BCUT2D eigenvalue weighted by Crippen LogP contribution is 2.29. The van der Waals surface area contributed by atoms with Gasteiger partial charge < -0.3 is 16.2 Å². The third-order valence-corrected chi connectivity index (χ3v) is 7.69. The van der Waals surface area contributed by atoms with Crippen LogP contribution in [0, 0.1) is 0 Å². The monoisotopic (exact) mass is 537 g/mol. The second kappa shape index (κ2) is 11.2. The topological polar surface area (TPSA) is 138 Å². The van der Waals surface area contributed by atoms with Gasteiger partial charge in [-0.15, -0.1) is 0 Å². The number of hydrogen-bond acceptors (Lipinski definition) is 7. The quantitative estimate of drug-likeness (QED) is 0.269. The molecule has 0 bridgehead atoms. The SMILES string of the molecule is C=N/C(=C\C(=C/C)C(N)=O)c1ccc(S(=O)(=O)N2CC[C@@H](Nc3ccc(C(F)(F)F)cn3)[C@@H](O)C2)cc1. The van der Waals surface area contributed by atoms with Gasteiger partial charge in [-0.25, -0.2) is 13.4 Å². The second-order valence-electron chi connectivity index (χ2n) is 8.22. The van der Waals surface area contributed by atoms with Gasteiger partial charge in [-0.05, 0) is 50.4 Å². The molecule has 4 N–H and O–H groups in total. The molecule has 1 amide bonds. The van der Waals surface area contributed by atoms with E-state index in [2.05, 4.69) is 22.0 Å². The zero-order valence-electron chi connectivity index (χ0n) is 19.8. The summed E-state index contributed by atoms with van der Waals surface area (Å²) in [7, 11) is -3.95. The summed E-state index contributed by atoms with van der Waals surface area (Å²) in [6, 6.07) is 7.23. The Kier molecular flexibility index (Phi) is 8.51. The molecule has 1 saturated heterocycles. The van der Waals surface area contributed by atoms with Gasteiger partial charge in [-0.3, -0.25) is 9.79 Å². The number of nitrogens with one attached hydrogen (secondary N) is 1. The molecule has 1 aromatic carbocycles. The summed E-state index contributed by atoms with van der Waals surface area (Å²) >= 11 is 0. The Morgan fingerprint density at radius 3 is 2.43 bits per heavy atom. The molecule has 198 valence electrons. The molecular formula is C24H26F3N5O4S. The van der Waals surface area contributed by atoms with Crippen molar-refractivity contribution in [2.45, 2.75) is 36.6 Å². The number of rotatable bonds is 8. The number of aromatic nitrogens is 1. The number of benzene rings is 1. The first-order chi connectivity index (χ1) is 17.4. The lowest BCUT2D eigenvalue weighted by molar-refractivity contribution is -0.137. The summed E-state index contributed by atoms with van der Waals surface area (Å²) in [5.41, 5.74) is 5.48. The van der Waals surface area contributed by atoms with Crippen LogP contribution in [0.15, 0.2) is 70.2 Å². The number of carbonyl (C=O) groups excluding carboxylic acids is 1. The van der Waals surface area contributed by atoms with E-state index in [9.17, 15) is 31.5 Å². The predicted molar refractivity (Wildman–Crippen MR) is 133 cm³/mol. The van der Waals surface area contributed by atoms with Crippen LogP contribution in [0.4, 0.5) is 19.0 Å². The number of nitrogens with two attached hydrogens (primary N) is 1. The second-order valence-corrected chi connectivity index (χ2v) is 10.2. The van der Waals surface area contributed by atoms with Crippen LogP contribution < -0.4 is 11.1 Å². The van der Waals surface area contributed by atoms with E-state index in [1.165, 1.54) is 36.4 Å². The molecule has 0 spiro atoms. The molecule has 3 rings (SSSR count). The molecule has 13 heteroatoms. The minimum Gasteiger partial charge on any atom is -0.390 e. The molecule has 9 nitrogen and oxygen atoms in total. The van der Waals surface area contributed by atoms with Crippen molar-refractivity contribution in [1.29, 1.82) is 0 Å². The predicted octanol–water partition coefficient (Wildman–Crippen LogP) is 2.81. The maximum atomic E-state index is 13.1. The summed E-state index contributed by atoms with van der Waals surface area (Å²) in [6.45, 7) is 4.97. The van der Waals surface area contributed by atoms with Crippen molar-refractivity contribution in [2.75, 3.05) is 18.4 Å². The Morgan fingerprint density at radius 2 is 1.95 bits per heavy atom. The summed E-state index contributed by atoms with van der Waals surface area (Å²) < 4.78 is 65.6. The molecule has 1 aliphatic heterocycles. The Hall–Kier alpha value is -3.55. The summed E-state index contributed by atoms with van der Waals surface area (Å²) in [6.07, 6.45) is -1.79. The van der Waals surface area contributed by atoms with E-state index in [1.807, 2.05) is 0 Å². The average molecular weight is 538 g/mol. The maximum absolute atomic E-state index is 13.1. The number of carbonyl (C=O) groups is 1. The number of halogens is 3. The first kappa shape index (κ1) is 28.0. The van der Waals surface area contributed by atoms with Crippen LogP contribution >= 0.6 is 0 Å². The van der Waals surface area contributed by atoms with Crippen LogP contribution in [0.3, 0.4) is 0 Å². The highest BCUT2D eigenvalue weighted by Gasteiger charge is 2.35. The molecular weight excluding hydrogens is 511 g/mol. The maximum Gasteiger partial charge on any atom is 0.417 e. The van der Waals surface area contributed by atoms with E-state index in [1.54, 1.807) is 6.92 Å². The molecule has 1 aromatic heterocycles. The van der Waals surface area contributed by atoms with Crippen LogP contribution in [-0.4, -0.2) is 60.7 Å². The van der Waals surface area contributed by atoms with Crippen molar-refractivity contribution in [3.8, 4) is 0 Å². The molecule has 2 heterocycles. The van der Waals surface area contributed by atoms with Gasteiger partial charge in [-0.2, -0.15) is 17.5 Å². The number of amides is 1. The molecule has 0 aliphatic carbocycles. The zero-order chi connectivity index (χ0) is 27.4. The number of alkyl halides is 3. The summed E-state index contributed by atoms with van der Waals surface area (Å²) in [4.78, 5) is 19.1. The lowest BCUT2D eigenvalue weighted by Crippen LogP contribution is -2.51. The molecule has 2 atom stereocenters. The average Bonchev–Trinajstić information content (AvgIpc) is 2.85. The number of nitrogens with zero attached hydrogens (tertiary/aromatic N) is 3. The van der Waals surface area contributed by atoms with Gasteiger partial charge in [0.1, 0.15) is 5.82 Å². The normalized spacial score (nSPS) is 19.9. The number of hydrogen-bond donors (Lipinski definition) is 3. The smallest absolute Gasteiger partial charge is 0.390 e. The van der Waals surface area contributed by atoms with E-state index in [-0.39, 0.29) is 35.8 Å². The van der Waals surface area contributed by atoms with Crippen molar-refractivity contribution in [2.24, 2.45) is 10.7 Å². The fourth-order valence-corrected chi connectivity index (χ4v) is 5.21. The van der Waals surface area contributed by atoms with Crippen LogP contribution in [0.1, 0.15) is 24.5 Å². The molecule has 0 saturated carbocycles. The van der Waals surface area contributed by atoms with Gasteiger partial charge in [0.15, 0.2) is 0 Å².